The number of rotatable bonds is 3. The Kier molecular flexibility index (Phi) is 5.52. The molecule has 176 valence electrons. The number of aliphatic hydroxyl groups is 1. The van der Waals surface area contributed by atoms with E-state index in [1.165, 1.54) is 57.8 Å². The van der Waals surface area contributed by atoms with E-state index in [9.17, 15) is 5.11 Å². The number of hydrogen-bond donors (Lipinski definition) is 1. The molecule has 4 aliphatic carbocycles. The van der Waals surface area contributed by atoms with Gasteiger partial charge in [-0.1, -0.05) is 33.6 Å². The Balaban J connectivity index is 1.37. The average molecular weight is 438 g/mol. The van der Waals surface area contributed by atoms with Crippen LogP contribution in [0.1, 0.15) is 97.5 Å². The van der Waals surface area contributed by atoms with Gasteiger partial charge in [0.15, 0.2) is 0 Å². The molecule has 4 fully saturated rings. The summed E-state index contributed by atoms with van der Waals surface area (Å²) in [5.74, 6) is 4.63. The van der Waals surface area contributed by atoms with Gasteiger partial charge < -0.3 is 5.11 Å². The molecule has 4 heteroatoms. The van der Waals surface area contributed by atoms with Crippen LogP contribution in [-0.4, -0.2) is 20.5 Å². The lowest BCUT2D eigenvalue weighted by Crippen LogP contribution is -2.54. The van der Waals surface area contributed by atoms with E-state index >= 15 is 0 Å². The average Bonchev–Trinajstić information content (AvgIpc) is 3.31. The number of nitriles is 1. The zero-order valence-corrected chi connectivity index (χ0v) is 20.7. The molecule has 4 nitrogen and oxygen atoms in total. The van der Waals surface area contributed by atoms with Crippen LogP contribution in [0.4, 0.5) is 0 Å². The first kappa shape index (κ1) is 22.5. The quantitative estimate of drug-likeness (QED) is 0.613. The zero-order valence-electron chi connectivity index (χ0n) is 20.7. The summed E-state index contributed by atoms with van der Waals surface area (Å²) in [6, 6.07) is 2.15. The maximum absolute atomic E-state index is 11.7. The first-order chi connectivity index (χ1) is 15.2. The van der Waals surface area contributed by atoms with Crippen LogP contribution in [0.15, 0.2) is 12.4 Å². The van der Waals surface area contributed by atoms with Crippen molar-refractivity contribution in [1.29, 1.82) is 5.26 Å². The molecule has 1 aromatic rings. The highest BCUT2D eigenvalue weighted by Gasteiger charge is 2.62. The van der Waals surface area contributed by atoms with Gasteiger partial charge in [0, 0.05) is 6.20 Å². The first-order valence-corrected chi connectivity index (χ1v) is 13.3. The molecule has 0 amide bonds. The molecular weight excluding hydrogens is 394 g/mol. The SMILES string of the molecule is C[C@@H]1CCC2CC[C@@H]3C(CC[C@@]4(C)C3CC[C@@H]4[C@@](C)(O)Cn3cc(C#N)cn3)[C@@]2(C)CC1. The zero-order chi connectivity index (χ0) is 22.7. The summed E-state index contributed by atoms with van der Waals surface area (Å²) in [6.07, 6.45) is 17.0. The van der Waals surface area contributed by atoms with E-state index in [0.717, 1.165) is 36.0 Å². The van der Waals surface area contributed by atoms with Crippen molar-refractivity contribution in [3.8, 4) is 6.07 Å². The van der Waals surface area contributed by atoms with Gasteiger partial charge in [0.2, 0.25) is 0 Å². The predicted octanol–water partition coefficient (Wildman–Crippen LogP) is 6.19. The minimum Gasteiger partial charge on any atom is -0.388 e. The van der Waals surface area contributed by atoms with E-state index in [4.69, 9.17) is 5.26 Å². The van der Waals surface area contributed by atoms with Crippen LogP contribution >= 0.6 is 0 Å². The summed E-state index contributed by atoms with van der Waals surface area (Å²) in [5, 5.41) is 25.2. The molecule has 1 aromatic heterocycles. The maximum Gasteiger partial charge on any atom is 0.102 e. The highest BCUT2D eigenvalue weighted by Crippen LogP contribution is 2.68. The molecule has 0 radical (unpaired) electrons. The lowest BCUT2D eigenvalue weighted by Gasteiger charge is -2.60. The smallest absolute Gasteiger partial charge is 0.102 e. The molecule has 0 aliphatic heterocycles. The van der Waals surface area contributed by atoms with Crippen LogP contribution in [-0.2, 0) is 6.54 Å². The van der Waals surface area contributed by atoms with Crippen LogP contribution in [0.5, 0.6) is 0 Å². The van der Waals surface area contributed by atoms with Gasteiger partial charge in [-0.2, -0.15) is 10.4 Å². The van der Waals surface area contributed by atoms with Gasteiger partial charge in [0.25, 0.3) is 0 Å². The third-order valence-corrected chi connectivity index (χ3v) is 11.2. The lowest BCUT2D eigenvalue weighted by atomic mass is 9.45. The summed E-state index contributed by atoms with van der Waals surface area (Å²) < 4.78 is 1.78. The second kappa shape index (κ2) is 7.86. The largest absolute Gasteiger partial charge is 0.388 e. The molecule has 0 saturated heterocycles. The van der Waals surface area contributed by atoms with Crippen LogP contribution in [0.25, 0.3) is 0 Å². The van der Waals surface area contributed by atoms with E-state index in [2.05, 4.69) is 31.9 Å². The molecular formula is C28H43N3O. The number of fused-ring (bicyclic) bond motifs is 5. The van der Waals surface area contributed by atoms with Crippen LogP contribution < -0.4 is 0 Å². The Hall–Kier alpha value is -1.34. The van der Waals surface area contributed by atoms with Gasteiger partial charge >= 0.3 is 0 Å². The standard InChI is InChI=1S/C28H43N3O/c1-19-5-6-21-7-8-22-23-9-10-25(28(4,32)18-31-17-20(15-29)16-30-31)27(23,3)14-12-24(22)26(21,2)13-11-19/h16-17,19,21-25,32H,5-14,18H2,1-4H3/t19-,21?,22+,23?,24?,25+,26+,27+,28+/m1/s1. The molecule has 3 unspecified atom stereocenters. The summed E-state index contributed by atoms with van der Waals surface area (Å²) in [7, 11) is 0. The first-order valence-electron chi connectivity index (χ1n) is 13.3. The molecule has 4 saturated carbocycles. The highest BCUT2D eigenvalue weighted by molar-refractivity contribution is 5.22. The van der Waals surface area contributed by atoms with E-state index in [0.29, 0.717) is 23.4 Å². The summed E-state index contributed by atoms with van der Waals surface area (Å²) in [4.78, 5) is 0. The Bertz CT molecular complexity index is 883. The fourth-order valence-corrected chi connectivity index (χ4v) is 9.55. The molecule has 1 heterocycles. The second-order valence-electron chi connectivity index (χ2n) is 12.9. The van der Waals surface area contributed by atoms with Gasteiger partial charge in [-0.15, -0.1) is 0 Å². The van der Waals surface area contributed by atoms with Crippen molar-refractivity contribution < 1.29 is 5.11 Å². The normalized spacial score (nSPS) is 45.6. The van der Waals surface area contributed by atoms with Gasteiger partial charge in [-0.25, -0.2) is 0 Å². The molecule has 9 atom stereocenters. The lowest BCUT2D eigenvalue weighted by molar-refractivity contribution is -0.130. The molecule has 0 spiro atoms. The Labute approximate surface area is 194 Å². The molecule has 1 N–H and O–H groups in total. The van der Waals surface area contributed by atoms with E-state index in [-0.39, 0.29) is 5.41 Å². The van der Waals surface area contributed by atoms with Gasteiger partial charge in [-0.3, -0.25) is 4.68 Å². The highest BCUT2D eigenvalue weighted by atomic mass is 16.3. The molecule has 5 rings (SSSR count). The predicted molar refractivity (Wildman–Crippen MR) is 127 cm³/mol. The summed E-state index contributed by atoms with van der Waals surface area (Å²) in [6.45, 7) is 10.2. The molecule has 32 heavy (non-hydrogen) atoms. The number of nitrogens with zero attached hydrogens (tertiary/aromatic N) is 3. The third-order valence-electron chi connectivity index (χ3n) is 11.2. The van der Waals surface area contributed by atoms with Crippen molar-refractivity contribution in [1.82, 2.24) is 9.78 Å². The monoisotopic (exact) mass is 437 g/mol. The maximum atomic E-state index is 11.7. The fraction of sp³-hybridized carbons (Fsp3) is 0.857. The van der Waals surface area contributed by atoms with Crippen molar-refractivity contribution in [2.75, 3.05) is 0 Å². The second-order valence-corrected chi connectivity index (χ2v) is 12.9. The van der Waals surface area contributed by atoms with Gasteiger partial charge in [-0.05, 0) is 105 Å². The van der Waals surface area contributed by atoms with Crippen LogP contribution in [0.2, 0.25) is 0 Å². The van der Waals surface area contributed by atoms with Crippen molar-refractivity contribution in [3.05, 3.63) is 18.0 Å². The minimum atomic E-state index is -0.798. The Morgan fingerprint density at radius 3 is 2.53 bits per heavy atom. The Morgan fingerprint density at radius 2 is 1.78 bits per heavy atom. The third kappa shape index (κ3) is 3.46. The Morgan fingerprint density at radius 1 is 1.06 bits per heavy atom. The van der Waals surface area contributed by atoms with Crippen molar-refractivity contribution >= 4 is 0 Å². The molecule has 0 bridgehead atoms. The fourth-order valence-electron chi connectivity index (χ4n) is 9.55. The molecule has 0 aromatic carbocycles. The van der Waals surface area contributed by atoms with Gasteiger partial charge in [0.1, 0.15) is 6.07 Å². The molecule has 4 aliphatic rings. The summed E-state index contributed by atoms with van der Waals surface area (Å²) in [5.41, 5.74) is 0.531. The van der Waals surface area contributed by atoms with Crippen molar-refractivity contribution in [3.63, 3.8) is 0 Å². The van der Waals surface area contributed by atoms with Crippen molar-refractivity contribution in [2.24, 2.45) is 46.3 Å². The summed E-state index contributed by atoms with van der Waals surface area (Å²) >= 11 is 0. The van der Waals surface area contributed by atoms with E-state index in [1.54, 1.807) is 17.1 Å². The minimum absolute atomic E-state index is 0.219. The number of hydrogen-bond acceptors (Lipinski definition) is 3. The topological polar surface area (TPSA) is 61.8 Å². The van der Waals surface area contributed by atoms with E-state index < -0.39 is 5.60 Å². The van der Waals surface area contributed by atoms with Crippen LogP contribution in [0, 0.1) is 57.7 Å². The van der Waals surface area contributed by atoms with Crippen molar-refractivity contribution in [2.45, 2.75) is 104 Å². The van der Waals surface area contributed by atoms with E-state index in [1.807, 2.05) is 6.92 Å². The van der Waals surface area contributed by atoms with Gasteiger partial charge in [0.05, 0.1) is 23.9 Å². The number of aromatic nitrogens is 2. The van der Waals surface area contributed by atoms with Crippen LogP contribution in [0.3, 0.4) is 0 Å².